The Kier molecular flexibility index (Phi) is 3.92. The van der Waals surface area contributed by atoms with Crippen molar-refractivity contribution in [1.82, 2.24) is 9.78 Å². The molecule has 0 amide bonds. The van der Waals surface area contributed by atoms with Crippen LogP contribution in [0.2, 0.25) is 0 Å². The number of carbonyl (C=O) groups excluding carboxylic acids is 1. The standard InChI is InChI=1S/C14H13F3N2O/c1-2-13(20)11-7-18-19(9-11)8-10-3-5-12(6-4-10)14(15,16)17/h3-7,9H,2,8H2,1H3. The summed E-state index contributed by atoms with van der Waals surface area (Å²) in [4.78, 5) is 11.5. The van der Waals surface area contributed by atoms with Crippen LogP contribution in [0.5, 0.6) is 0 Å². The maximum Gasteiger partial charge on any atom is 0.416 e. The van der Waals surface area contributed by atoms with Gasteiger partial charge in [0.1, 0.15) is 0 Å². The number of Topliss-reactive ketones (excluding diaryl/α,β-unsaturated/α-hetero) is 1. The second-order valence-electron chi connectivity index (χ2n) is 4.40. The fourth-order valence-corrected chi connectivity index (χ4v) is 1.78. The summed E-state index contributed by atoms with van der Waals surface area (Å²) in [5.41, 5.74) is 0.527. The zero-order chi connectivity index (χ0) is 14.8. The van der Waals surface area contributed by atoms with Gasteiger partial charge in [0, 0.05) is 12.6 Å². The second kappa shape index (κ2) is 5.48. The van der Waals surface area contributed by atoms with Crippen molar-refractivity contribution < 1.29 is 18.0 Å². The molecule has 1 aromatic carbocycles. The van der Waals surface area contributed by atoms with Crippen LogP contribution in [0.25, 0.3) is 0 Å². The van der Waals surface area contributed by atoms with E-state index < -0.39 is 11.7 Å². The van der Waals surface area contributed by atoms with E-state index in [2.05, 4.69) is 5.10 Å². The Morgan fingerprint density at radius 3 is 2.45 bits per heavy atom. The lowest BCUT2D eigenvalue weighted by Crippen LogP contribution is -2.05. The molecule has 3 nitrogen and oxygen atoms in total. The molecule has 0 aliphatic rings. The largest absolute Gasteiger partial charge is 0.416 e. The van der Waals surface area contributed by atoms with Crippen molar-refractivity contribution in [1.29, 1.82) is 0 Å². The smallest absolute Gasteiger partial charge is 0.294 e. The summed E-state index contributed by atoms with van der Waals surface area (Å²) in [6, 6.07) is 4.89. The molecule has 0 atom stereocenters. The van der Waals surface area contributed by atoms with Crippen molar-refractivity contribution in [2.24, 2.45) is 0 Å². The number of benzene rings is 1. The van der Waals surface area contributed by atoms with Crippen molar-refractivity contribution in [2.75, 3.05) is 0 Å². The van der Waals surface area contributed by atoms with Crippen LogP contribution in [0, 0.1) is 0 Å². The van der Waals surface area contributed by atoms with E-state index in [1.54, 1.807) is 13.1 Å². The summed E-state index contributed by atoms with van der Waals surface area (Å²) in [6.07, 6.45) is -0.865. The minimum atomic E-state index is -4.33. The van der Waals surface area contributed by atoms with Gasteiger partial charge < -0.3 is 0 Å². The SMILES string of the molecule is CCC(=O)c1cnn(Cc2ccc(C(F)(F)F)cc2)c1. The molecule has 0 fully saturated rings. The number of hydrogen-bond acceptors (Lipinski definition) is 2. The molecule has 0 saturated heterocycles. The van der Waals surface area contributed by atoms with Crippen LogP contribution in [0.4, 0.5) is 13.2 Å². The summed E-state index contributed by atoms with van der Waals surface area (Å²) in [6.45, 7) is 2.09. The van der Waals surface area contributed by atoms with E-state index in [0.29, 0.717) is 24.1 Å². The highest BCUT2D eigenvalue weighted by atomic mass is 19.4. The first-order valence-corrected chi connectivity index (χ1v) is 6.12. The first-order valence-electron chi connectivity index (χ1n) is 6.12. The number of ketones is 1. The molecule has 0 N–H and O–H groups in total. The average molecular weight is 282 g/mol. The first kappa shape index (κ1) is 14.3. The van der Waals surface area contributed by atoms with Crippen LogP contribution >= 0.6 is 0 Å². The Labute approximate surface area is 114 Å². The van der Waals surface area contributed by atoms with Crippen LogP contribution in [0.3, 0.4) is 0 Å². The topological polar surface area (TPSA) is 34.9 Å². The molecule has 106 valence electrons. The van der Waals surface area contributed by atoms with Crippen LogP contribution in [-0.4, -0.2) is 15.6 Å². The molecule has 2 aromatic rings. The third kappa shape index (κ3) is 3.26. The Balaban J connectivity index is 2.10. The van der Waals surface area contributed by atoms with Gasteiger partial charge in [0.15, 0.2) is 5.78 Å². The Bertz CT molecular complexity index is 600. The number of nitrogens with zero attached hydrogens (tertiary/aromatic N) is 2. The maximum absolute atomic E-state index is 12.4. The molecule has 2 rings (SSSR count). The monoisotopic (exact) mass is 282 g/mol. The number of halogens is 3. The molecule has 0 spiro atoms. The number of hydrogen-bond donors (Lipinski definition) is 0. The Hall–Kier alpha value is -2.11. The molecule has 0 bridgehead atoms. The molecule has 0 saturated carbocycles. The van der Waals surface area contributed by atoms with Crippen molar-refractivity contribution in [3.63, 3.8) is 0 Å². The van der Waals surface area contributed by atoms with Crippen LogP contribution in [-0.2, 0) is 12.7 Å². The average Bonchev–Trinajstić information content (AvgIpc) is 2.86. The van der Waals surface area contributed by atoms with E-state index in [4.69, 9.17) is 0 Å². The van der Waals surface area contributed by atoms with Gasteiger partial charge in [-0.05, 0) is 17.7 Å². The van der Waals surface area contributed by atoms with E-state index in [1.807, 2.05) is 0 Å². The summed E-state index contributed by atoms with van der Waals surface area (Å²) >= 11 is 0. The molecule has 1 aromatic heterocycles. The molecule has 0 aliphatic carbocycles. The lowest BCUT2D eigenvalue weighted by atomic mass is 10.1. The van der Waals surface area contributed by atoms with Gasteiger partial charge in [0.2, 0.25) is 0 Å². The zero-order valence-corrected chi connectivity index (χ0v) is 10.8. The molecule has 6 heteroatoms. The van der Waals surface area contributed by atoms with E-state index in [1.165, 1.54) is 23.0 Å². The Morgan fingerprint density at radius 1 is 1.25 bits per heavy atom. The van der Waals surface area contributed by atoms with Gasteiger partial charge in [-0.3, -0.25) is 9.48 Å². The summed E-state index contributed by atoms with van der Waals surface area (Å²) in [5, 5.41) is 4.03. The van der Waals surface area contributed by atoms with Crippen molar-refractivity contribution in [2.45, 2.75) is 26.1 Å². The fourth-order valence-electron chi connectivity index (χ4n) is 1.78. The normalized spacial score (nSPS) is 11.6. The number of aromatic nitrogens is 2. The molecular formula is C14H13F3N2O. The van der Waals surface area contributed by atoms with Crippen LogP contribution < -0.4 is 0 Å². The van der Waals surface area contributed by atoms with Crippen LogP contribution in [0.15, 0.2) is 36.7 Å². The van der Waals surface area contributed by atoms with Crippen LogP contribution in [0.1, 0.15) is 34.8 Å². The van der Waals surface area contributed by atoms with Crippen molar-refractivity contribution >= 4 is 5.78 Å². The second-order valence-corrected chi connectivity index (χ2v) is 4.40. The van der Waals surface area contributed by atoms with E-state index in [-0.39, 0.29) is 5.78 Å². The molecule has 0 unspecified atom stereocenters. The molecule has 0 aliphatic heterocycles. The predicted octanol–water partition coefficient (Wildman–Crippen LogP) is 3.54. The number of alkyl halides is 3. The predicted molar refractivity (Wildman–Crippen MR) is 67.4 cm³/mol. The third-order valence-corrected chi connectivity index (χ3v) is 2.90. The van der Waals surface area contributed by atoms with Gasteiger partial charge in [-0.15, -0.1) is 0 Å². The molecule has 1 heterocycles. The van der Waals surface area contributed by atoms with Gasteiger partial charge >= 0.3 is 6.18 Å². The van der Waals surface area contributed by atoms with E-state index in [0.717, 1.165) is 12.1 Å². The minimum Gasteiger partial charge on any atom is -0.294 e. The first-order chi connectivity index (χ1) is 9.40. The third-order valence-electron chi connectivity index (χ3n) is 2.90. The lowest BCUT2D eigenvalue weighted by molar-refractivity contribution is -0.137. The Morgan fingerprint density at radius 2 is 1.90 bits per heavy atom. The van der Waals surface area contributed by atoms with Gasteiger partial charge in [0.25, 0.3) is 0 Å². The fraction of sp³-hybridized carbons (Fsp3) is 0.286. The number of rotatable bonds is 4. The van der Waals surface area contributed by atoms with Crippen molar-refractivity contribution in [3.8, 4) is 0 Å². The highest BCUT2D eigenvalue weighted by Gasteiger charge is 2.29. The van der Waals surface area contributed by atoms with Gasteiger partial charge in [-0.1, -0.05) is 19.1 Å². The molecule has 20 heavy (non-hydrogen) atoms. The lowest BCUT2D eigenvalue weighted by Gasteiger charge is -2.07. The summed E-state index contributed by atoms with van der Waals surface area (Å²) < 4.78 is 38.8. The highest BCUT2D eigenvalue weighted by molar-refractivity contribution is 5.95. The highest BCUT2D eigenvalue weighted by Crippen LogP contribution is 2.29. The summed E-state index contributed by atoms with van der Waals surface area (Å²) in [5.74, 6) is -0.0105. The zero-order valence-electron chi connectivity index (χ0n) is 10.8. The quantitative estimate of drug-likeness (QED) is 0.804. The summed E-state index contributed by atoms with van der Waals surface area (Å²) in [7, 11) is 0. The molecular weight excluding hydrogens is 269 g/mol. The van der Waals surface area contributed by atoms with E-state index in [9.17, 15) is 18.0 Å². The van der Waals surface area contributed by atoms with E-state index >= 15 is 0 Å². The minimum absolute atomic E-state index is 0.0105. The maximum atomic E-state index is 12.4. The van der Waals surface area contributed by atoms with Gasteiger partial charge in [-0.25, -0.2) is 0 Å². The van der Waals surface area contributed by atoms with Crippen molar-refractivity contribution in [3.05, 3.63) is 53.3 Å². The van der Waals surface area contributed by atoms with Gasteiger partial charge in [0.05, 0.1) is 23.9 Å². The van der Waals surface area contributed by atoms with Gasteiger partial charge in [-0.2, -0.15) is 18.3 Å². The molecule has 0 radical (unpaired) electrons. The number of carbonyl (C=O) groups is 1.